The third-order valence-electron chi connectivity index (χ3n) is 5.92. The van der Waals surface area contributed by atoms with Crippen LogP contribution < -0.4 is 5.43 Å². The fourth-order valence-electron chi connectivity index (χ4n) is 4.16. The second-order valence-electron chi connectivity index (χ2n) is 7.55. The molecule has 4 heteroatoms. The molecule has 1 N–H and O–H groups in total. The van der Waals surface area contributed by atoms with Crippen molar-refractivity contribution in [1.82, 2.24) is 9.99 Å². The van der Waals surface area contributed by atoms with E-state index in [0.717, 1.165) is 18.0 Å². The largest absolute Gasteiger partial charge is 0.323 e. The standard InChI is InChI=1S/C21H23N3O/c1-21(2)16-10-9-15(18(21)13-16)14-22-23-20(25)17-7-3-4-8-19(17)24-11-5-6-12-24/h3-9,11-12,14,16,18H,10,13H2,1-2H3,(H,23,25)/b22-14-/t16-,18-/m0/s1. The van der Waals surface area contributed by atoms with Crippen molar-refractivity contribution in [2.24, 2.45) is 22.4 Å². The van der Waals surface area contributed by atoms with E-state index in [1.165, 1.54) is 12.0 Å². The second kappa shape index (κ2) is 6.03. The number of aromatic nitrogens is 1. The molecule has 0 unspecified atom stereocenters. The number of benzene rings is 1. The molecule has 0 aliphatic heterocycles. The monoisotopic (exact) mass is 333 g/mol. The van der Waals surface area contributed by atoms with Crippen LogP contribution in [-0.2, 0) is 0 Å². The number of hydrogen-bond donors (Lipinski definition) is 1. The van der Waals surface area contributed by atoms with E-state index in [4.69, 9.17) is 0 Å². The first-order chi connectivity index (χ1) is 12.1. The van der Waals surface area contributed by atoms with Crippen molar-refractivity contribution < 1.29 is 4.79 Å². The van der Waals surface area contributed by atoms with Crippen LogP contribution in [0.25, 0.3) is 5.69 Å². The molecule has 2 atom stereocenters. The summed E-state index contributed by atoms with van der Waals surface area (Å²) in [5.74, 6) is 1.18. The highest BCUT2D eigenvalue weighted by molar-refractivity contribution is 5.98. The van der Waals surface area contributed by atoms with Crippen LogP contribution in [0, 0.1) is 17.3 Å². The van der Waals surface area contributed by atoms with Gasteiger partial charge in [-0.1, -0.05) is 32.1 Å². The highest BCUT2D eigenvalue weighted by Crippen LogP contribution is 2.58. The van der Waals surface area contributed by atoms with E-state index in [1.54, 1.807) is 0 Å². The van der Waals surface area contributed by atoms with Crippen LogP contribution in [0.3, 0.4) is 0 Å². The van der Waals surface area contributed by atoms with Crippen LogP contribution >= 0.6 is 0 Å². The Morgan fingerprint density at radius 1 is 1.24 bits per heavy atom. The van der Waals surface area contributed by atoms with Gasteiger partial charge in [-0.25, -0.2) is 5.43 Å². The zero-order valence-electron chi connectivity index (χ0n) is 14.6. The van der Waals surface area contributed by atoms with Crippen LogP contribution in [0.4, 0.5) is 0 Å². The Hall–Kier alpha value is -2.62. The molecule has 2 bridgehead atoms. The molecule has 1 heterocycles. The quantitative estimate of drug-likeness (QED) is 0.662. The molecule has 128 valence electrons. The average Bonchev–Trinajstić information content (AvgIpc) is 3.16. The van der Waals surface area contributed by atoms with Gasteiger partial charge in [-0.3, -0.25) is 4.79 Å². The van der Waals surface area contributed by atoms with Crippen molar-refractivity contribution in [3.8, 4) is 5.69 Å². The predicted molar refractivity (Wildman–Crippen MR) is 99.8 cm³/mol. The van der Waals surface area contributed by atoms with Crippen molar-refractivity contribution in [2.45, 2.75) is 26.7 Å². The van der Waals surface area contributed by atoms with Crippen molar-refractivity contribution in [3.63, 3.8) is 0 Å². The summed E-state index contributed by atoms with van der Waals surface area (Å²) < 4.78 is 1.93. The molecule has 0 spiro atoms. The summed E-state index contributed by atoms with van der Waals surface area (Å²) in [7, 11) is 0. The molecule has 5 rings (SSSR count). The Labute approximate surface area is 148 Å². The van der Waals surface area contributed by atoms with E-state index >= 15 is 0 Å². The lowest BCUT2D eigenvalue weighted by Gasteiger charge is -2.55. The Balaban J connectivity index is 1.48. The summed E-state index contributed by atoms with van der Waals surface area (Å²) in [4.78, 5) is 12.6. The smallest absolute Gasteiger partial charge is 0.273 e. The highest BCUT2D eigenvalue weighted by Gasteiger charge is 2.50. The fourth-order valence-corrected chi connectivity index (χ4v) is 4.16. The number of carbonyl (C=O) groups is 1. The highest BCUT2D eigenvalue weighted by atomic mass is 16.2. The number of rotatable bonds is 4. The van der Waals surface area contributed by atoms with Gasteiger partial charge in [0.1, 0.15) is 0 Å². The first-order valence-electron chi connectivity index (χ1n) is 8.83. The van der Waals surface area contributed by atoms with Gasteiger partial charge in [0.15, 0.2) is 0 Å². The number of fused-ring (bicyclic) bond motifs is 1. The molecule has 1 aromatic heterocycles. The molecular weight excluding hydrogens is 310 g/mol. The molecule has 0 saturated heterocycles. The van der Waals surface area contributed by atoms with Gasteiger partial charge in [0.2, 0.25) is 0 Å². The van der Waals surface area contributed by atoms with E-state index in [2.05, 4.69) is 30.5 Å². The molecule has 4 nitrogen and oxygen atoms in total. The van der Waals surface area contributed by atoms with E-state index in [0.29, 0.717) is 16.9 Å². The van der Waals surface area contributed by atoms with Gasteiger partial charge in [-0.2, -0.15) is 5.10 Å². The summed E-state index contributed by atoms with van der Waals surface area (Å²) >= 11 is 0. The Bertz CT molecular complexity index is 846. The first kappa shape index (κ1) is 15.9. The van der Waals surface area contributed by atoms with E-state index in [1.807, 2.05) is 59.6 Å². The summed E-state index contributed by atoms with van der Waals surface area (Å²) in [6.07, 6.45) is 10.3. The van der Waals surface area contributed by atoms with E-state index in [9.17, 15) is 4.79 Å². The van der Waals surface area contributed by atoms with Crippen LogP contribution in [-0.4, -0.2) is 16.7 Å². The van der Waals surface area contributed by atoms with Crippen molar-refractivity contribution in [2.75, 3.05) is 0 Å². The summed E-state index contributed by atoms with van der Waals surface area (Å²) in [5.41, 5.74) is 5.76. The molecular formula is C21H23N3O. The summed E-state index contributed by atoms with van der Waals surface area (Å²) in [5, 5.41) is 4.23. The molecule has 1 saturated carbocycles. The van der Waals surface area contributed by atoms with Crippen LogP contribution in [0.2, 0.25) is 0 Å². The molecule has 1 aromatic carbocycles. The molecule has 1 amide bonds. The third kappa shape index (κ3) is 2.72. The number of amides is 1. The first-order valence-corrected chi connectivity index (χ1v) is 8.83. The second-order valence-corrected chi connectivity index (χ2v) is 7.55. The van der Waals surface area contributed by atoms with Crippen LogP contribution in [0.1, 0.15) is 37.0 Å². The Morgan fingerprint density at radius 2 is 2.00 bits per heavy atom. The topological polar surface area (TPSA) is 46.4 Å². The van der Waals surface area contributed by atoms with E-state index < -0.39 is 0 Å². The van der Waals surface area contributed by atoms with Crippen molar-refractivity contribution in [3.05, 3.63) is 66.0 Å². The Morgan fingerprint density at radius 3 is 2.72 bits per heavy atom. The molecule has 0 radical (unpaired) electrons. The molecule has 3 aliphatic rings. The van der Waals surface area contributed by atoms with Gasteiger partial charge in [0, 0.05) is 12.4 Å². The lowest BCUT2D eigenvalue weighted by atomic mass is 9.49. The van der Waals surface area contributed by atoms with Gasteiger partial charge in [0.05, 0.1) is 17.5 Å². The zero-order chi connectivity index (χ0) is 17.4. The third-order valence-corrected chi connectivity index (χ3v) is 5.92. The summed E-state index contributed by atoms with van der Waals surface area (Å²) in [6.45, 7) is 4.66. The molecule has 2 aromatic rings. The number of nitrogens with one attached hydrogen (secondary N) is 1. The minimum absolute atomic E-state index is 0.192. The van der Waals surface area contributed by atoms with Gasteiger partial charge in [-0.05, 0) is 59.9 Å². The van der Waals surface area contributed by atoms with Gasteiger partial charge in [0.25, 0.3) is 5.91 Å². The zero-order valence-corrected chi connectivity index (χ0v) is 14.6. The number of para-hydroxylation sites is 1. The summed E-state index contributed by atoms with van der Waals surface area (Å²) in [6, 6.07) is 11.4. The fraction of sp³-hybridized carbons (Fsp3) is 0.333. The minimum Gasteiger partial charge on any atom is -0.323 e. The predicted octanol–water partition coefficient (Wildman–Crippen LogP) is 4.19. The molecule has 3 aliphatic carbocycles. The maximum absolute atomic E-state index is 12.6. The maximum atomic E-state index is 12.6. The van der Waals surface area contributed by atoms with Gasteiger partial charge in [-0.15, -0.1) is 0 Å². The number of allylic oxidation sites excluding steroid dienone is 2. The number of hydrogen-bond acceptors (Lipinski definition) is 2. The number of nitrogens with zero attached hydrogens (tertiary/aromatic N) is 2. The number of carbonyl (C=O) groups excluding carboxylic acids is 1. The van der Waals surface area contributed by atoms with Gasteiger partial charge < -0.3 is 4.57 Å². The van der Waals surface area contributed by atoms with E-state index in [-0.39, 0.29) is 5.91 Å². The maximum Gasteiger partial charge on any atom is 0.273 e. The molecule has 25 heavy (non-hydrogen) atoms. The lowest BCUT2D eigenvalue weighted by Crippen LogP contribution is -2.48. The Kier molecular flexibility index (Phi) is 3.83. The minimum atomic E-state index is -0.192. The van der Waals surface area contributed by atoms with Crippen LogP contribution in [0.5, 0.6) is 0 Å². The normalized spacial score (nSPS) is 23.8. The van der Waals surface area contributed by atoms with Crippen molar-refractivity contribution >= 4 is 12.1 Å². The average molecular weight is 333 g/mol. The van der Waals surface area contributed by atoms with Crippen LogP contribution in [0.15, 0.2) is 65.5 Å². The molecule has 1 fully saturated rings. The number of hydrazone groups is 1. The lowest BCUT2D eigenvalue weighted by molar-refractivity contribution is -0.00126. The van der Waals surface area contributed by atoms with Crippen molar-refractivity contribution in [1.29, 1.82) is 0 Å². The SMILES string of the molecule is CC1(C)[C@H]2CC=C(/C=N\NC(=O)c3ccccc3-n3cccc3)[C@@H]1C2. The van der Waals surface area contributed by atoms with Gasteiger partial charge >= 0.3 is 0 Å².